The van der Waals surface area contributed by atoms with Crippen LogP contribution < -0.4 is 10.6 Å². The van der Waals surface area contributed by atoms with Gasteiger partial charge in [-0.2, -0.15) is 0 Å². The number of rotatable bonds is 10. The molecule has 0 radical (unpaired) electrons. The number of hydrogen-bond acceptors (Lipinski definition) is 4. The molecule has 0 atom stereocenters. The summed E-state index contributed by atoms with van der Waals surface area (Å²) in [6, 6.07) is 1.18. The van der Waals surface area contributed by atoms with Gasteiger partial charge in [0.15, 0.2) is 5.96 Å². The van der Waals surface area contributed by atoms with Gasteiger partial charge in [-0.25, -0.2) is 0 Å². The first-order chi connectivity index (χ1) is 12.3. The SMILES string of the molecule is CCNC(=NCC1(N(C)C)CCOCC1)NCCCN(C(C)C)C(C)C. The van der Waals surface area contributed by atoms with Crippen molar-refractivity contribution in [2.24, 2.45) is 4.99 Å². The number of likely N-dealkylation sites (N-methyl/N-ethyl adjacent to an activating group) is 1. The zero-order chi connectivity index (χ0) is 19.6. The van der Waals surface area contributed by atoms with E-state index in [0.29, 0.717) is 12.1 Å². The Morgan fingerprint density at radius 3 is 2.19 bits per heavy atom. The van der Waals surface area contributed by atoms with E-state index in [4.69, 9.17) is 9.73 Å². The highest BCUT2D eigenvalue weighted by Gasteiger charge is 2.34. The van der Waals surface area contributed by atoms with E-state index in [-0.39, 0.29) is 5.54 Å². The third kappa shape index (κ3) is 7.41. The maximum Gasteiger partial charge on any atom is 0.191 e. The Bertz CT molecular complexity index is 395. The first kappa shape index (κ1) is 23.2. The van der Waals surface area contributed by atoms with Crippen LogP contribution in [-0.2, 0) is 4.74 Å². The molecule has 1 fully saturated rings. The predicted molar refractivity (Wildman–Crippen MR) is 112 cm³/mol. The summed E-state index contributed by atoms with van der Waals surface area (Å²) in [7, 11) is 4.32. The Morgan fingerprint density at radius 2 is 1.69 bits per heavy atom. The van der Waals surface area contributed by atoms with Crippen molar-refractivity contribution >= 4 is 5.96 Å². The van der Waals surface area contributed by atoms with Crippen LogP contribution in [-0.4, -0.2) is 86.9 Å². The minimum atomic E-state index is 0.118. The van der Waals surface area contributed by atoms with Crippen LogP contribution in [0.5, 0.6) is 0 Å². The third-order valence-corrected chi connectivity index (χ3v) is 5.46. The molecule has 0 aromatic heterocycles. The molecule has 6 heteroatoms. The molecule has 2 N–H and O–H groups in total. The molecule has 0 amide bonds. The fourth-order valence-electron chi connectivity index (χ4n) is 3.65. The number of guanidine groups is 1. The van der Waals surface area contributed by atoms with Crippen LogP contribution in [0.25, 0.3) is 0 Å². The maximum absolute atomic E-state index is 5.56. The summed E-state index contributed by atoms with van der Waals surface area (Å²) < 4.78 is 5.56. The van der Waals surface area contributed by atoms with Gasteiger partial charge in [0.05, 0.1) is 6.54 Å². The van der Waals surface area contributed by atoms with Crippen molar-refractivity contribution in [1.82, 2.24) is 20.4 Å². The highest BCUT2D eigenvalue weighted by Crippen LogP contribution is 2.26. The van der Waals surface area contributed by atoms with Gasteiger partial charge in [0.2, 0.25) is 0 Å². The van der Waals surface area contributed by atoms with Gasteiger partial charge in [-0.1, -0.05) is 0 Å². The van der Waals surface area contributed by atoms with E-state index in [9.17, 15) is 0 Å². The summed E-state index contributed by atoms with van der Waals surface area (Å²) >= 11 is 0. The fraction of sp³-hybridized carbons (Fsp3) is 0.950. The van der Waals surface area contributed by atoms with Gasteiger partial charge in [0, 0.05) is 50.5 Å². The van der Waals surface area contributed by atoms with Crippen molar-refractivity contribution in [3.8, 4) is 0 Å². The topological polar surface area (TPSA) is 52.1 Å². The molecule has 154 valence electrons. The van der Waals surface area contributed by atoms with Gasteiger partial charge in [-0.05, 0) is 68.0 Å². The average Bonchev–Trinajstić information content (AvgIpc) is 2.59. The van der Waals surface area contributed by atoms with Gasteiger partial charge >= 0.3 is 0 Å². The first-order valence-corrected chi connectivity index (χ1v) is 10.4. The molecule has 0 aromatic rings. The normalized spacial score (nSPS) is 18.2. The molecule has 6 nitrogen and oxygen atoms in total. The fourth-order valence-corrected chi connectivity index (χ4v) is 3.65. The Morgan fingerprint density at radius 1 is 1.08 bits per heavy atom. The zero-order valence-corrected chi connectivity index (χ0v) is 18.3. The summed E-state index contributed by atoms with van der Waals surface area (Å²) in [5.74, 6) is 0.931. The lowest BCUT2D eigenvalue weighted by molar-refractivity contribution is -0.00254. The minimum absolute atomic E-state index is 0.118. The lowest BCUT2D eigenvalue weighted by Crippen LogP contribution is -2.51. The highest BCUT2D eigenvalue weighted by molar-refractivity contribution is 5.79. The van der Waals surface area contributed by atoms with Crippen molar-refractivity contribution in [2.75, 3.05) is 53.5 Å². The standard InChI is InChI=1S/C20H43N5O/c1-8-21-19(22-12-9-13-25(17(2)3)18(4)5)23-16-20(24(6)7)10-14-26-15-11-20/h17-18H,8-16H2,1-7H3,(H2,21,22,23). The smallest absolute Gasteiger partial charge is 0.191 e. The lowest BCUT2D eigenvalue weighted by atomic mass is 9.89. The molecular formula is C20H43N5O. The van der Waals surface area contributed by atoms with Crippen LogP contribution in [0.15, 0.2) is 4.99 Å². The van der Waals surface area contributed by atoms with Crippen LogP contribution in [0.4, 0.5) is 0 Å². The molecule has 0 unspecified atom stereocenters. The monoisotopic (exact) mass is 369 g/mol. The minimum Gasteiger partial charge on any atom is -0.381 e. The van der Waals surface area contributed by atoms with Crippen molar-refractivity contribution in [3.63, 3.8) is 0 Å². The molecule has 0 aliphatic carbocycles. The number of nitrogens with zero attached hydrogens (tertiary/aromatic N) is 3. The van der Waals surface area contributed by atoms with Crippen molar-refractivity contribution in [1.29, 1.82) is 0 Å². The zero-order valence-electron chi connectivity index (χ0n) is 18.3. The van der Waals surface area contributed by atoms with Gasteiger partial charge in [-0.3, -0.25) is 9.89 Å². The second kappa shape index (κ2) is 11.8. The second-order valence-corrected chi connectivity index (χ2v) is 8.13. The van der Waals surface area contributed by atoms with Crippen molar-refractivity contribution in [2.45, 2.75) is 71.5 Å². The van der Waals surface area contributed by atoms with E-state index < -0.39 is 0 Å². The van der Waals surface area contributed by atoms with E-state index in [0.717, 1.165) is 64.6 Å². The van der Waals surface area contributed by atoms with Crippen molar-refractivity contribution in [3.05, 3.63) is 0 Å². The van der Waals surface area contributed by atoms with Gasteiger partial charge in [0.1, 0.15) is 0 Å². The summed E-state index contributed by atoms with van der Waals surface area (Å²) in [6.45, 7) is 16.6. The van der Waals surface area contributed by atoms with E-state index in [1.807, 2.05) is 0 Å². The van der Waals surface area contributed by atoms with Gasteiger partial charge < -0.3 is 20.3 Å². The average molecular weight is 370 g/mol. The van der Waals surface area contributed by atoms with Crippen molar-refractivity contribution < 1.29 is 4.74 Å². The Kier molecular flexibility index (Phi) is 10.5. The lowest BCUT2D eigenvalue weighted by Gasteiger charge is -2.41. The molecular weight excluding hydrogens is 326 g/mol. The molecule has 0 saturated carbocycles. The molecule has 1 heterocycles. The predicted octanol–water partition coefficient (Wildman–Crippen LogP) is 2.16. The van der Waals surface area contributed by atoms with Crippen LogP contribution in [0, 0.1) is 0 Å². The van der Waals surface area contributed by atoms with Gasteiger partial charge in [-0.15, -0.1) is 0 Å². The molecule has 1 aliphatic heterocycles. The Balaban J connectivity index is 2.55. The summed E-state index contributed by atoms with van der Waals surface area (Å²) in [5.41, 5.74) is 0.118. The second-order valence-electron chi connectivity index (χ2n) is 8.13. The van der Waals surface area contributed by atoms with E-state index in [1.165, 1.54) is 0 Å². The highest BCUT2D eigenvalue weighted by atomic mass is 16.5. The van der Waals surface area contributed by atoms with Crippen LogP contribution in [0.2, 0.25) is 0 Å². The largest absolute Gasteiger partial charge is 0.381 e. The maximum atomic E-state index is 5.56. The third-order valence-electron chi connectivity index (χ3n) is 5.46. The van der Waals surface area contributed by atoms with E-state index >= 15 is 0 Å². The molecule has 0 bridgehead atoms. The quantitative estimate of drug-likeness (QED) is 0.351. The van der Waals surface area contributed by atoms with Gasteiger partial charge in [0.25, 0.3) is 0 Å². The van der Waals surface area contributed by atoms with E-state index in [2.05, 4.69) is 69.1 Å². The number of aliphatic imine (C=N–C) groups is 1. The first-order valence-electron chi connectivity index (χ1n) is 10.4. The molecule has 0 aromatic carbocycles. The molecule has 1 aliphatic rings. The Labute approximate surface area is 161 Å². The summed E-state index contributed by atoms with van der Waals surface area (Å²) in [5, 5.41) is 6.90. The summed E-state index contributed by atoms with van der Waals surface area (Å²) in [4.78, 5) is 9.76. The van der Waals surface area contributed by atoms with Crippen LogP contribution in [0.3, 0.4) is 0 Å². The molecule has 1 rings (SSSR count). The van der Waals surface area contributed by atoms with E-state index in [1.54, 1.807) is 0 Å². The number of hydrogen-bond donors (Lipinski definition) is 2. The number of nitrogens with one attached hydrogen (secondary N) is 2. The van der Waals surface area contributed by atoms with Crippen LogP contribution >= 0.6 is 0 Å². The Hall–Kier alpha value is -0.850. The molecule has 1 saturated heterocycles. The molecule has 26 heavy (non-hydrogen) atoms. The summed E-state index contributed by atoms with van der Waals surface area (Å²) in [6.07, 6.45) is 3.20. The number of ether oxygens (including phenoxy) is 1. The molecule has 0 spiro atoms. The van der Waals surface area contributed by atoms with Crippen LogP contribution in [0.1, 0.15) is 53.9 Å².